The number of hydrogen-bond acceptors (Lipinski definition) is 9. The minimum absolute atomic E-state index is 0.423. The number of benzene rings is 2. The fourth-order valence-electron chi connectivity index (χ4n) is 4.24. The smallest absolute Gasteiger partial charge is 0.248 e. The van der Waals surface area contributed by atoms with Gasteiger partial charge in [-0.1, -0.05) is 17.7 Å². The molecule has 36 heavy (non-hydrogen) atoms. The van der Waals surface area contributed by atoms with E-state index in [1.165, 1.54) is 6.33 Å². The van der Waals surface area contributed by atoms with Gasteiger partial charge >= 0.3 is 0 Å². The Labute approximate surface area is 215 Å². The number of nitrogens with one attached hydrogen (secondary N) is 2. The van der Waals surface area contributed by atoms with E-state index in [4.69, 9.17) is 30.5 Å². The lowest BCUT2D eigenvalue weighted by Crippen LogP contribution is -2.37. The molecule has 0 spiro atoms. The maximum Gasteiger partial charge on any atom is 0.248 e. The second-order valence-corrected chi connectivity index (χ2v) is 9.07. The number of morpholine rings is 1. The largest absolute Gasteiger partial charge is 0.493 e. The molecule has 0 aliphatic carbocycles. The molecule has 2 aromatic carbocycles. The maximum atomic E-state index is 6.29. The molecule has 1 saturated heterocycles. The molecule has 0 unspecified atom stereocenters. The summed E-state index contributed by atoms with van der Waals surface area (Å²) in [7, 11) is 1.63. The van der Waals surface area contributed by atoms with Crippen LogP contribution in [0.15, 0.2) is 36.7 Å². The molecular weight excluding hydrogens is 482 g/mol. The van der Waals surface area contributed by atoms with Crippen molar-refractivity contribution in [3.8, 4) is 23.1 Å². The average molecular weight is 512 g/mol. The second-order valence-electron chi connectivity index (χ2n) is 8.66. The molecule has 3 aromatic rings. The standard InChI is InChI=1S/C26H30ClN5O4/c1-17-19(27)5-3-6-20(17)31-25-24-26(30-16-29-25)36-21-14-22(33-2)23(13-18(21)15-28-24)35-10-4-7-32-8-11-34-12-9-32/h3,5-6,13-14,16,28H,4,7-12,15H2,1-2H3,(H,29,30,31). The summed E-state index contributed by atoms with van der Waals surface area (Å²) in [6.07, 6.45) is 2.39. The first-order chi connectivity index (χ1) is 17.6. The highest BCUT2D eigenvalue weighted by atomic mass is 35.5. The molecule has 5 rings (SSSR count). The summed E-state index contributed by atoms with van der Waals surface area (Å²) in [6, 6.07) is 9.51. The molecule has 2 aliphatic rings. The normalized spacial score (nSPS) is 15.1. The molecule has 2 aliphatic heterocycles. The van der Waals surface area contributed by atoms with Crippen LogP contribution in [0.3, 0.4) is 0 Å². The predicted octanol–water partition coefficient (Wildman–Crippen LogP) is 5.01. The fourth-order valence-corrected chi connectivity index (χ4v) is 4.42. The van der Waals surface area contributed by atoms with E-state index in [2.05, 4.69) is 25.5 Å². The van der Waals surface area contributed by atoms with Crippen LogP contribution in [0.4, 0.5) is 17.2 Å². The molecule has 190 valence electrons. The number of fused-ring (bicyclic) bond motifs is 2. The van der Waals surface area contributed by atoms with E-state index >= 15 is 0 Å². The minimum Gasteiger partial charge on any atom is -0.493 e. The van der Waals surface area contributed by atoms with Gasteiger partial charge in [-0.2, -0.15) is 4.98 Å². The summed E-state index contributed by atoms with van der Waals surface area (Å²) >= 11 is 6.29. The predicted molar refractivity (Wildman–Crippen MR) is 139 cm³/mol. The van der Waals surface area contributed by atoms with Crippen molar-refractivity contribution in [1.29, 1.82) is 0 Å². The van der Waals surface area contributed by atoms with Crippen molar-refractivity contribution in [1.82, 2.24) is 14.9 Å². The van der Waals surface area contributed by atoms with Gasteiger partial charge in [-0.05, 0) is 37.1 Å². The summed E-state index contributed by atoms with van der Waals surface area (Å²) in [5.74, 6) is 2.98. The Kier molecular flexibility index (Phi) is 7.60. The van der Waals surface area contributed by atoms with Crippen molar-refractivity contribution in [2.24, 2.45) is 0 Å². The van der Waals surface area contributed by atoms with E-state index in [1.54, 1.807) is 7.11 Å². The molecule has 0 bridgehead atoms. The van der Waals surface area contributed by atoms with Crippen LogP contribution < -0.4 is 24.8 Å². The number of hydrogen-bond donors (Lipinski definition) is 2. The molecule has 3 heterocycles. The summed E-state index contributed by atoms with van der Waals surface area (Å²) in [5.41, 5.74) is 3.40. The first-order valence-corrected chi connectivity index (χ1v) is 12.4. The Balaban J connectivity index is 1.31. The van der Waals surface area contributed by atoms with Crippen LogP contribution in [-0.4, -0.2) is 61.4 Å². The summed E-state index contributed by atoms with van der Waals surface area (Å²) in [4.78, 5) is 11.2. The number of halogens is 1. The van der Waals surface area contributed by atoms with Crippen LogP contribution in [0.1, 0.15) is 17.5 Å². The van der Waals surface area contributed by atoms with Gasteiger partial charge in [-0.15, -0.1) is 0 Å². The van der Waals surface area contributed by atoms with Gasteiger partial charge in [0, 0.05) is 48.5 Å². The lowest BCUT2D eigenvalue weighted by Gasteiger charge is -2.26. The van der Waals surface area contributed by atoms with Crippen LogP contribution in [0, 0.1) is 6.92 Å². The number of nitrogens with zero attached hydrogens (tertiary/aromatic N) is 3. The van der Waals surface area contributed by atoms with Gasteiger partial charge in [-0.3, -0.25) is 4.90 Å². The highest BCUT2D eigenvalue weighted by Crippen LogP contribution is 2.43. The Morgan fingerprint density at radius 2 is 2.03 bits per heavy atom. The van der Waals surface area contributed by atoms with E-state index in [9.17, 15) is 0 Å². The van der Waals surface area contributed by atoms with E-state index in [1.807, 2.05) is 37.3 Å². The van der Waals surface area contributed by atoms with Crippen molar-refractivity contribution in [3.05, 3.63) is 52.8 Å². The van der Waals surface area contributed by atoms with Crippen molar-refractivity contribution >= 4 is 28.8 Å². The fraction of sp³-hybridized carbons (Fsp3) is 0.385. The topological polar surface area (TPSA) is 90.0 Å². The molecule has 0 radical (unpaired) electrons. The highest BCUT2D eigenvalue weighted by molar-refractivity contribution is 6.31. The number of anilines is 3. The van der Waals surface area contributed by atoms with Gasteiger partial charge in [0.1, 0.15) is 17.8 Å². The Bertz CT molecular complexity index is 1220. The van der Waals surface area contributed by atoms with Crippen LogP contribution in [0.25, 0.3) is 0 Å². The molecule has 1 fully saturated rings. The van der Waals surface area contributed by atoms with Gasteiger partial charge in [0.2, 0.25) is 5.88 Å². The first-order valence-electron chi connectivity index (χ1n) is 12.0. The lowest BCUT2D eigenvalue weighted by molar-refractivity contribution is 0.0357. The quantitative estimate of drug-likeness (QED) is 0.405. The Hall–Kier alpha value is -3.27. The summed E-state index contributed by atoms with van der Waals surface area (Å²) < 4.78 is 23.3. The Morgan fingerprint density at radius 1 is 1.17 bits per heavy atom. The molecule has 1 aromatic heterocycles. The molecule has 10 heteroatoms. The van der Waals surface area contributed by atoms with Crippen LogP contribution in [0.5, 0.6) is 23.1 Å². The third-order valence-electron chi connectivity index (χ3n) is 6.32. The SMILES string of the molecule is COc1cc2c(cc1OCCCN1CCOCC1)CNc1c(Nc3cccc(Cl)c3C)ncnc1O2. The molecule has 2 N–H and O–H groups in total. The van der Waals surface area contributed by atoms with Gasteiger partial charge in [-0.25, -0.2) is 4.98 Å². The van der Waals surface area contributed by atoms with Crippen molar-refractivity contribution in [2.45, 2.75) is 19.9 Å². The van der Waals surface area contributed by atoms with Gasteiger partial charge in [0.05, 0.1) is 26.9 Å². The summed E-state index contributed by atoms with van der Waals surface area (Å²) in [5, 5.41) is 7.45. The molecule has 9 nitrogen and oxygen atoms in total. The van der Waals surface area contributed by atoms with Crippen LogP contribution in [-0.2, 0) is 11.3 Å². The van der Waals surface area contributed by atoms with E-state index in [-0.39, 0.29) is 0 Å². The van der Waals surface area contributed by atoms with E-state index < -0.39 is 0 Å². The van der Waals surface area contributed by atoms with Gasteiger partial charge in [0.25, 0.3) is 0 Å². The average Bonchev–Trinajstić information content (AvgIpc) is 3.08. The van der Waals surface area contributed by atoms with Crippen LogP contribution >= 0.6 is 11.6 Å². The van der Waals surface area contributed by atoms with Gasteiger partial charge < -0.3 is 29.6 Å². The number of ether oxygens (including phenoxy) is 4. The maximum absolute atomic E-state index is 6.29. The lowest BCUT2D eigenvalue weighted by atomic mass is 10.1. The van der Waals surface area contributed by atoms with Crippen molar-refractivity contribution in [2.75, 3.05) is 57.2 Å². The zero-order valence-corrected chi connectivity index (χ0v) is 21.2. The number of aromatic nitrogens is 2. The molecule has 0 saturated carbocycles. The number of rotatable bonds is 8. The first kappa shape index (κ1) is 24.4. The monoisotopic (exact) mass is 511 g/mol. The zero-order valence-electron chi connectivity index (χ0n) is 20.5. The summed E-state index contributed by atoms with van der Waals surface area (Å²) in [6.45, 7) is 7.60. The third kappa shape index (κ3) is 5.43. The minimum atomic E-state index is 0.423. The van der Waals surface area contributed by atoms with Crippen molar-refractivity contribution < 1.29 is 18.9 Å². The van der Waals surface area contributed by atoms with Gasteiger partial charge in [0.15, 0.2) is 17.3 Å². The third-order valence-corrected chi connectivity index (χ3v) is 6.73. The Morgan fingerprint density at radius 3 is 2.86 bits per heavy atom. The van der Waals surface area contributed by atoms with E-state index in [0.29, 0.717) is 52.8 Å². The molecule has 0 atom stereocenters. The number of methoxy groups -OCH3 is 1. The second kappa shape index (κ2) is 11.2. The molecular formula is C26H30ClN5O4. The zero-order chi connectivity index (χ0) is 24.9. The molecule has 0 amide bonds. The van der Waals surface area contributed by atoms with E-state index in [0.717, 1.165) is 56.1 Å². The highest BCUT2D eigenvalue weighted by Gasteiger charge is 2.22. The van der Waals surface area contributed by atoms with Crippen LogP contribution in [0.2, 0.25) is 5.02 Å². The van der Waals surface area contributed by atoms with Crippen molar-refractivity contribution in [3.63, 3.8) is 0 Å².